The summed E-state index contributed by atoms with van der Waals surface area (Å²) in [6.07, 6.45) is 0. The highest BCUT2D eigenvalue weighted by Crippen LogP contribution is 2.23. The van der Waals surface area contributed by atoms with Crippen molar-refractivity contribution in [2.45, 2.75) is 18.1 Å². The van der Waals surface area contributed by atoms with Gasteiger partial charge >= 0.3 is 5.97 Å². The lowest BCUT2D eigenvalue weighted by Gasteiger charge is -2.07. The van der Waals surface area contributed by atoms with Crippen LogP contribution in [-0.4, -0.2) is 29.5 Å². The molecule has 0 bridgehead atoms. The molecule has 0 radical (unpaired) electrons. The highest BCUT2D eigenvalue weighted by molar-refractivity contribution is 7.94. The Morgan fingerprint density at radius 2 is 2.05 bits per heavy atom. The van der Waals surface area contributed by atoms with Crippen LogP contribution in [0.25, 0.3) is 0 Å². The molecule has 0 saturated carbocycles. The second kappa shape index (κ2) is 5.17. The van der Waals surface area contributed by atoms with Gasteiger partial charge in [0.15, 0.2) is 9.90 Å². The third-order valence-corrected chi connectivity index (χ3v) is 5.04. The maximum atomic E-state index is 12.2. The van der Waals surface area contributed by atoms with Crippen LogP contribution in [0.2, 0.25) is 0 Å². The summed E-state index contributed by atoms with van der Waals surface area (Å²) in [5.41, 5.74) is 2.18. The third kappa shape index (κ3) is 2.94. The number of hydrogen-bond donors (Lipinski definition) is 2. The van der Waals surface area contributed by atoms with E-state index in [9.17, 15) is 13.2 Å². The molecular formula is C11H11N3O4S2. The summed E-state index contributed by atoms with van der Waals surface area (Å²) < 4.78 is 26.3. The van der Waals surface area contributed by atoms with E-state index < -0.39 is 21.7 Å². The van der Waals surface area contributed by atoms with Crippen molar-refractivity contribution in [2.24, 2.45) is 0 Å². The first-order valence-corrected chi connectivity index (χ1v) is 7.81. The Balaban J connectivity index is 2.41. The van der Waals surface area contributed by atoms with Gasteiger partial charge in [-0.25, -0.2) is 23.2 Å². The van der Waals surface area contributed by atoms with E-state index in [1.165, 1.54) is 5.51 Å². The number of thiazole rings is 1. The highest BCUT2D eigenvalue weighted by atomic mass is 32.2. The van der Waals surface area contributed by atoms with Gasteiger partial charge in [0.2, 0.25) is 0 Å². The van der Waals surface area contributed by atoms with Crippen LogP contribution in [0, 0.1) is 13.8 Å². The molecule has 2 N–H and O–H groups in total. The Morgan fingerprint density at radius 3 is 2.65 bits per heavy atom. The summed E-state index contributed by atoms with van der Waals surface area (Å²) in [4.78, 5) is 18.5. The largest absolute Gasteiger partial charge is 0.476 e. The molecule has 0 atom stereocenters. The summed E-state index contributed by atoms with van der Waals surface area (Å²) >= 11 is 0.742. The molecule has 20 heavy (non-hydrogen) atoms. The Morgan fingerprint density at radius 1 is 1.35 bits per heavy atom. The van der Waals surface area contributed by atoms with Gasteiger partial charge in [0, 0.05) is 5.69 Å². The van der Waals surface area contributed by atoms with E-state index in [0.717, 1.165) is 16.9 Å². The molecule has 0 saturated heterocycles. The minimum Gasteiger partial charge on any atom is -0.476 e. The molecule has 2 heterocycles. The number of hydrogen-bond acceptors (Lipinski definition) is 6. The number of aromatic nitrogens is 2. The van der Waals surface area contributed by atoms with Gasteiger partial charge in [-0.2, -0.15) is 0 Å². The smallest absolute Gasteiger partial charge is 0.356 e. The normalized spacial score (nSPS) is 11.3. The van der Waals surface area contributed by atoms with E-state index in [1.807, 2.05) is 6.92 Å². The van der Waals surface area contributed by atoms with Crippen LogP contribution >= 0.6 is 11.3 Å². The van der Waals surface area contributed by atoms with Crippen molar-refractivity contribution < 1.29 is 18.3 Å². The molecule has 106 valence electrons. The van der Waals surface area contributed by atoms with E-state index in [4.69, 9.17) is 5.11 Å². The number of rotatable bonds is 4. The lowest BCUT2D eigenvalue weighted by molar-refractivity contribution is 0.0687. The van der Waals surface area contributed by atoms with Gasteiger partial charge in [-0.3, -0.25) is 4.72 Å². The molecular weight excluding hydrogens is 302 g/mol. The van der Waals surface area contributed by atoms with E-state index in [2.05, 4.69) is 14.7 Å². The minimum atomic E-state index is -4.02. The molecule has 0 spiro atoms. The molecule has 0 unspecified atom stereocenters. The first-order chi connectivity index (χ1) is 9.29. The summed E-state index contributed by atoms with van der Waals surface area (Å²) in [6.45, 7) is 3.54. The monoisotopic (exact) mass is 313 g/mol. The zero-order chi connectivity index (χ0) is 14.9. The Hall–Kier alpha value is -2.00. The maximum absolute atomic E-state index is 12.2. The predicted molar refractivity (Wildman–Crippen MR) is 73.6 cm³/mol. The van der Waals surface area contributed by atoms with Crippen molar-refractivity contribution >= 4 is 33.1 Å². The van der Waals surface area contributed by atoms with Gasteiger partial charge in [-0.15, -0.1) is 11.3 Å². The molecule has 0 aliphatic carbocycles. The second-order valence-electron chi connectivity index (χ2n) is 4.07. The number of aromatic carboxylic acids is 1. The Labute approximate surface area is 119 Å². The quantitative estimate of drug-likeness (QED) is 0.888. The van der Waals surface area contributed by atoms with Crippen LogP contribution in [0.4, 0.5) is 5.82 Å². The van der Waals surface area contributed by atoms with Crippen molar-refractivity contribution in [1.82, 2.24) is 9.97 Å². The number of carbonyl (C=O) groups is 1. The SMILES string of the molecule is Cc1cc(C)nc(NS(=O)(=O)c2scnc2C(=O)O)c1. The molecule has 0 aliphatic heterocycles. The van der Waals surface area contributed by atoms with Gasteiger partial charge in [-0.05, 0) is 31.5 Å². The molecule has 0 amide bonds. The first kappa shape index (κ1) is 14.4. The van der Waals surface area contributed by atoms with Crippen molar-refractivity contribution in [2.75, 3.05) is 4.72 Å². The minimum absolute atomic E-state index is 0.146. The first-order valence-electron chi connectivity index (χ1n) is 5.44. The summed E-state index contributed by atoms with van der Waals surface area (Å²) in [7, 11) is -4.02. The lowest BCUT2D eigenvalue weighted by Crippen LogP contribution is -2.16. The van der Waals surface area contributed by atoms with Crippen LogP contribution in [0.3, 0.4) is 0 Å². The number of sulfonamides is 1. The molecule has 7 nitrogen and oxygen atoms in total. The fraction of sp³-hybridized carbons (Fsp3) is 0.182. The fourth-order valence-electron chi connectivity index (χ4n) is 1.65. The van der Waals surface area contributed by atoms with Crippen molar-refractivity contribution in [3.63, 3.8) is 0 Å². The van der Waals surface area contributed by atoms with Crippen molar-refractivity contribution in [1.29, 1.82) is 0 Å². The second-order valence-corrected chi connectivity index (χ2v) is 6.80. The molecule has 2 rings (SSSR count). The van der Waals surface area contributed by atoms with E-state index >= 15 is 0 Å². The zero-order valence-electron chi connectivity index (χ0n) is 10.6. The Bertz CT molecular complexity index is 747. The van der Waals surface area contributed by atoms with Crippen molar-refractivity contribution in [3.8, 4) is 0 Å². The molecule has 0 aromatic carbocycles. The van der Waals surface area contributed by atoms with Crippen LogP contribution in [-0.2, 0) is 10.0 Å². The van der Waals surface area contributed by atoms with Gasteiger partial charge in [0.05, 0.1) is 5.51 Å². The van der Waals surface area contributed by atoms with Gasteiger partial charge < -0.3 is 5.11 Å². The summed E-state index contributed by atoms with van der Waals surface area (Å²) in [6, 6.07) is 3.36. The lowest BCUT2D eigenvalue weighted by atomic mass is 10.2. The highest BCUT2D eigenvalue weighted by Gasteiger charge is 2.26. The Kier molecular flexibility index (Phi) is 3.73. The average Bonchev–Trinajstić information content (AvgIpc) is 2.75. The van der Waals surface area contributed by atoms with Crippen LogP contribution in [0.5, 0.6) is 0 Å². The van der Waals surface area contributed by atoms with Gasteiger partial charge in [0.25, 0.3) is 10.0 Å². The van der Waals surface area contributed by atoms with Gasteiger partial charge in [-0.1, -0.05) is 0 Å². The number of anilines is 1. The predicted octanol–water partition coefficient (Wildman–Crippen LogP) is 1.65. The van der Waals surface area contributed by atoms with E-state index in [1.54, 1.807) is 19.1 Å². The summed E-state index contributed by atoms with van der Waals surface area (Å²) in [5, 5.41) is 8.91. The van der Waals surface area contributed by atoms with E-state index in [-0.39, 0.29) is 10.0 Å². The zero-order valence-corrected chi connectivity index (χ0v) is 12.2. The number of pyridine rings is 1. The standard InChI is InChI=1S/C11H11N3O4S2/c1-6-3-7(2)13-8(4-6)14-20(17,18)11-9(10(15)16)12-5-19-11/h3-5H,1-2H3,(H,13,14)(H,15,16). The van der Waals surface area contributed by atoms with Crippen LogP contribution in [0.1, 0.15) is 21.7 Å². The molecule has 2 aromatic rings. The number of nitrogens with one attached hydrogen (secondary N) is 1. The molecule has 0 fully saturated rings. The average molecular weight is 313 g/mol. The number of nitrogens with zero attached hydrogens (tertiary/aromatic N) is 2. The maximum Gasteiger partial charge on any atom is 0.356 e. The summed E-state index contributed by atoms with van der Waals surface area (Å²) in [5.74, 6) is -1.24. The molecule has 2 aromatic heterocycles. The van der Waals surface area contributed by atoms with Gasteiger partial charge in [0.1, 0.15) is 5.82 Å². The topological polar surface area (TPSA) is 109 Å². The molecule has 9 heteroatoms. The van der Waals surface area contributed by atoms with Crippen molar-refractivity contribution in [3.05, 3.63) is 34.6 Å². The van der Waals surface area contributed by atoms with Crippen LogP contribution in [0.15, 0.2) is 21.9 Å². The third-order valence-electron chi connectivity index (χ3n) is 2.32. The van der Waals surface area contributed by atoms with Crippen LogP contribution < -0.4 is 4.72 Å². The molecule has 0 aliphatic rings. The van der Waals surface area contributed by atoms with E-state index in [0.29, 0.717) is 5.69 Å². The number of carboxylic acids is 1. The fourth-order valence-corrected chi connectivity index (χ4v) is 3.78. The number of carboxylic acid groups (broad SMARTS) is 1. The number of aryl methyl sites for hydroxylation is 2.